The lowest BCUT2D eigenvalue weighted by Gasteiger charge is -2.40. The predicted molar refractivity (Wildman–Crippen MR) is 124 cm³/mol. The molecule has 3 aromatic carbocycles. The minimum atomic E-state index is -0.823. The largest absolute Gasteiger partial charge is 0.432 e. The van der Waals surface area contributed by atoms with Crippen molar-refractivity contribution in [1.29, 1.82) is 0 Å². The van der Waals surface area contributed by atoms with Crippen molar-refractivity contribution in [3.05, 3.63) is 54.6 Å². The molecule has 1 aliphatic rings. The molecule has 0 bridgehead atoms. The van der Waals surface area contributed by atoms with Crippen LogP contribution in [0, 0.1) is 0 Å². The summed E-state index contributed by atoms with van der Waals surface area (Å²) in [6, 6.07) is 19.2. The van der Waals surface area contributed by atoms with Gasteiger partial charge in [0.05, 0.1) is 5.60 Å². The second-order valence-electron chi connectivity index (χ2n) is 8.41. The summed E-state index contributed by atoms with van der Waals surface area (Å²) < 4.78 is 0. The van der Waals surface area contributed by atoms with Crippen LogP contribution in [0.3, 0.4) is 0 Å². The van der Waals surface area contributed by atoms with Crippen LogP contribution in [0.4, 0.5) is 5.69 Å². The summed E-state index contributed by atoms with van der Waals surface area (Å²) in [4.78, 5) is 10.1. The van der Waals surface area contributed by atoms with Crippen molar-refractivity contribution in [3.8, 4) is 0 Å². The zero-order valence-electron chi connectivity index (χ0n) is 17.0. The molecule has 29 heavy (non-hydrogen) atoms. The Bertz CT molecular complexity index is 1070. The Hall–Kier alpha value is -1.64. The van der Waals surface area contributed by atoms with Crippen LogP contribution < -0.4 is 11.1 Å². The van der Waals surface area contributed by atoms with Crippen LogP contribution in [0.5, 0.6) is 0 Å². The van der Waals surface area contributed by atoms with E-state index in [9.17, 15) is 5.02 Å². The quantitative estimate of drug-likeness (QED) is 0.278. The van der Waals surface area contributed by atoms with E-state index in [0.717, 1.165) is 5.69 Å². The van der Waals surface area contributed by atoms with Crippen molar-refractivity contribution in [2.45, 2.75) is 58.2 Å². The van der Waals surface area contributed by atoms with E-state index in [0.29, 0.717) is 0 Å². The van der Waals surface area contributed by atoms with Crippen LogP contribution in [0.15, 0.2) is 74.2 Å². The maximum absolute atomic E-state index is 10.8. The number of benzene rings is 3. The number of fused-ring (bicyclic) bond motifs is 3. The highest BCUT2D eigenvalue weighted by Crippen LogP contribution is 2.50. The number of nitrogens with two attached hydrogens (primary N) is 1. The van der Waals surface area contributed by atoms with Crippen molar-refractivity contribution in [3.63, 3.8) is 0 Å². The Morgan fingerprint density at radius 1 is 0.862 bits per heavy atom. The fourth-order valence-corrected chi connectivity index (χ4v) is 5.49. The summed E-state index contributed by atoms with van der Waals surface area (Å²) >= 11 is 3.56. The summed E-state index contributed by atoms with van der Waals surface area (Å²) in [5.41, 5.74) is 0.174. The van der Waals surface area contributed by atoms with Gasteiger partial charge in [0.25, 0.3) is 0 Å². The van der Waals surface area contributed by atoms with Crippen molar-refractivity contribution < 1.29 is 9.86 Å². The van der Waals surface area contributed by atoms with E-state index in [-0.39, 0.29) is 0 Å². The smallest absolute Gasteiger partial charge is 0.419 e. The molecule has 1 aliphatic heterocycles. The third-order valence-electron chi connectivity index (χ3n) is 6.03. The predicted octanol–water partition coefficient (Wildman–Crippen LogP) is 5.80. The third kappa shape index (κ3) is 3.78. The summed E-state index contributed by atoms with van der Waals surface area (Å²) in [6.07, 6.45) is 0. The standard InChI is InChI=1S/C22H25BN2O2S2/c1-21(2,22(3,4)27-24)23(26)25-16-9-10-17-20(13-16)29-19-12-15-8-6-5-7-14(15)11-18(19)28-17/h5-13,25-26H,24H2,1-4H3. The molecule has 0 aromatic heterocycles. The van der Waals surface area contributed by atoms with Crippen molar-refractivity contribution in [1.82, 2.24) is 0 Å². The average molecular weight is 424 g/mol. The minimum Gasteiger partial charge on any atom is -0.432 e. The molecule has 0 aliphatic carbocycles. The lowest BCUT2D eigenvalue weighted by molar-refractivity contribution is -0.0501. The summed E-state index contributed by atoms with van der Waals surface area (Å²) in [7, 11) is -0.823. The van der Waals surface area contributed by atoms with E-state index in [1.807, 2.05) is 33.8 Å². The van der Waals surface area contributed by atoms with E-state index in [1.165, 1.54) is 30.4 Å². The maximum atomic E-state index is 10.8. The van der Waals surface area contributed by atoms with Crippen LogP contribution in [0.1, 0.15) is 27.7 Å². The van der Waals surface area contributed by atoms with Crippen LogP contribution >= 0.6 is 23.5 Å². The first-order valence-corrected chi connectivity index (χ1v) is 11.2. The van der Waals surface area contributed by atoms with Gasteiger partial charge in [-0.2, -0.15) is 0 Å². The fraction of sp³-hybridized carbons (Fsp3) is 0.273. The summed E-state index contributed by atoms with van der Waals surface area (Å²) in [5, 5.41) is 15.9. The highest BCUT2D eigenvalue weighted by atomic mass is 32.2. The lowest BCUT2D eigenvalue weighted by atomic mass is 9.49. The van der Waals surface area contributed by atoms with Crippen molar-refractivity contribution >= 4 is 47.0 Å². The van der Waals surface area contributed by atoms with E-state index in [1.54, 1.807) is 23.5 Å². The van der Waals surface area contributed by atoms with Gasteiger partial charge >= 0.3 is 7.05 Å². The topological polar surface area (TPSA) is 67.5 Å². The Kier molecular flexibility index (Phi) is 5.38. The van der Waals surface area contributed by atoms with Gasteiger partial charge in [-0.25, -0.2) is 5.90 Å². The van der Waals surface area contributed by atoms with Crippen molar-refractivity contribution in [2.24, 2.45) is 5.90 Å². The SMILES string of the molecule is CC(C)(ON)C(C)(C)B(O)Nc1ccc2c(c1)Sc1cc3ccccc3cc1S2. The second-order valence-corrected chi connectivity index (χ2v) is 10.6. The molecule has 1 heterocycles. The molecule has 0 fully saturated rings. The molecule has 0 spiro atoms. The second kappa shape index (κ2) is 7.56. The van der Waals surface area contributed by atoms with Gasteiger partial charge in [-0.15, -0.1) is 0 Å². The highest BCUT2D eigenvalue weighted by Gasteiger charge is 2.47. The molecule has 4 N–H and O–H groups in total. The van der Waals surface area contributed by atoms with Crippen LogP contribution in [-0.4, -0.2) is 17.7 Å². The number of anilines is 1. The van der Waals surface area contributed by atoms with Gasteiger partial charge in [-0.1, -0.05) is 61.6 Å². The first-order valence-electron chi connectivity index (χ1n) is 9.56. The van der Waals surface area contributed by atoms with E-state index in [4.69, 9.17) is 10.7 Å². The first-order chi connectivity index (χ1) is 13.7. The number of hydrogen-bond donors (Lipinski definition) is 3. The molecular weight excluding hydrogens is 399 g/mol. The molecule has 4 rings (SSSR count). The fourth-order valence-electron chi connectivity index (χ4n) is 3.18. The first kappa shape index (κ1) is 20.6. The molecular formula is C22H25BN2O2S2. The lowest BCUT2D eigenvalue weighted by Crippen LogP contribution is -2.51. The van der Waals surface area contributed by atoms with E-state index >= 15 is 0 Å². The Balaban J connectivity index is 1.59. The molecule has 3 aromatic rings. The molecule has 7 heteroatoms. The third-order valence-corrected chi connectivity index (χ3v) is 8.54. The van der Waals surface area contributed by atoms with Crippen LogP contribution in [0.25, 0.3) is 10.8 Å². The maximum Gasteiger partial charge on any atom is 0.419 e. The summed E-state index contributed by atoms with van der Waals surface area (Å²) in [6.45, 7) is 7.61. The zero-order chi connectivity index (χ0) is 20.8. The van der Waals surface area contributed by atoms with Gasteiger partial charge in [0.15, 0.2) is 0 Å². The van der Waals surface area contributed by atoms with E-state index in [2.05, 4.69) is 53.8 Å². The van der Waals surface area contributed by atoms with Gasteiger partial charge < -0.3 is 10.3 Å². The number of nitrogens with one attached hydrogen (secondary N) is 1. The minimum absolute atomic E-state index is 0.606. The monoisotopic (exact) mass is 424 g/mol. The number of hydrogen-bond acceptors (Lipinski definition) is 6. The van der Waals surface area contributed by atoms with E-state index < -0.39 is 18.0 Å². The van der Waals surface area contributed by atoms with Gasteiger partial charge in [0.2, 0.25) is 0 Å². The molecule has 0 saturated carbocycles. The molecule has 0 amide bonds. The van der Waals surface area contributed by atoms with Crippen LogP contribution in [0.2, 0.25) is 5.31 Å². The molecule has 4 nitrogen and oxygen atoms in total. The average Bonchev–Trinajstić information content (AvgIpc) is 2.70. The van der Waals surface area contributed by atoms with Gasteiger partial charge in [0, 0.05) is 30.6 Å². The molecule has 0 radical (unpaired) electrons. The molecule has 0 unspecified atom stereocenters. The Labute approximate surface area is 180 Å². The van der Waals surface area contributed by atoms with Gasteiger partial charge in [-0.05, 0) is 55.0 Å². The zero-order valence-corrected chi connectivity index (χ0v) is 18.7. The number of rotatable bonds is 5. The van der Waals surface area contributed by atoms with Crippen LogP contribution in [-0.2, 0) is 4.84 Å². The highest BCUT2D eigenvalue weighted by molar-refractivity contribution is 8.05. The summed E-state index contributed by atoms with van der Waals surface area (Å²) in [5.74, 6) is 5.45. The van der Waals surface area contributed by atoms with Gasteiger partial charge in [0.1, 0.15) is 0 Å². The normalized spacial score (nSPS) is 13.7. The Morgan fingerprint density at radius 2 is 1.41 bits per heavy atom. The molecule has 0 atom stereocenters. The Morgan fingerprint density at radius 3 is 2.00 bits per heavy atom. The molecule has 150 valence electrons. The van der Waals surface area contributed by atoms with Gasteiger partial charge in [-0.3, -0.25) is 4.84 Å². The molecule has 0 saturated heterocycles. The van der Waals surface area contributed by atoms with Crippen molar-refractivity contribution in [2.75, 3.05) is 5.23 Å².